The maximum Gasteiger partial charge on any atom is 0.0438 e. The largest absolute Gasteiger partial charge is 0.399 e. The Morgan fingerprint density at radius 3 is 2.53 bits per heavy atom. The van der Waals surface area contributed by atoms with Crippen molar-refractivity contribution >= 4 is 22.3 Å². The molecule has 0 atom stereocenters. The van der Waals surface area contributed by atoms with Crippen LogP contribution >= 0.6 is 11.6 Å². The summed E-state index contributed by atoms with van der Waals surface area (Å²) in [5.74, 6) is 0. The fourth-order valence-electron chi connectivity index (χ4n) is 1.38. The van der Waals surface area contributed by atoms with Crippen LogP contribution in [0.2, 0.25) is 0 Å². The molecule has 0 heterocycles. The van der Waals surface area contributed by atoms with E-state index in [1.54, 1.807) is 0 Å². The van der Waals surface area contributed by atoms with Gasteiger partial charge < -0.3 is 5.73 Å². The van der Waals surface area contributed by atoms with Crippen molar-refractivity contribution in [3.63, 3.8) is 0 Å². The van der Waals surface area contributed by atoms with Gasteiger partial charge in [-0.1, -0.05) is 49.6 Å². The number of anilines is 1. The average Bonchev–Trinajstić information content (AvgIpc) is 2.25. The van der Waals surface area contributed by atoms with Crippen molar-refractivity contribution in [1.29, 1.82) is 0 Å². The SMILES string of the molecule is CCCCC/C=C(\Cl)c1ccc(N)cc1. The molecular formula is C13H18ClN. The van der Waals surface area contributed by atoms with Gasteiger partial charge in [0.15, 0.2) is 0 Å². The second-order valence-corrected chi connectivity index (χ2v) is 4.08. The van der Waals surface area contributed by atoms with E-state index in [0.717, 1.165) is 22.7 Å². The van der Waals surface area contributed by atoms with Crippen molar-refractivity contribution in [3.8, 4) is 0 Å². The van der Waals surface area contributed by atoms with Crippen LogP contribution in [0.4, 0.5) is 5.69 Å². The van der Waals surface area contributed by atoms with Gasteiger partial charge in [-0.3, -0.25) is 0 Å². The first kappa shape index (κ1) is 12.1. The third-order valence-corrected chi connectivity index (χ3v) is 2.69. The molecule has 1 nitrogen and oxygen atoms in total. The molecule has 1 rings (SSSR count). The average molecular weight is 224 g/mol. The van der Waals surface area contributed by atoms with Crippen LogP contribution in [0.1, 0.15) is 38.2 Å². The standard InChI is InChI=1S/C13H18ClN/c1-2-3-4-5-6-13(14)11-7-9-12(15)10-8-11/h6-10H,2-5,15H2,1H3/b13-6-. The minimum absolute atomic E-state index is 0.772. The highest BCUT2D eigenvalue weighted by molar-refractivity contribution is 6.48. The monoisotopic (exact) mass is 223 g/mol. The van der Waals surface area contributed by atoms with Gasteiger partial charge in [-0.15, -0.1) is 0 Å². The van der Waals surface area contributed by atoms with E-state index >= 15 is 0 Å². The molecule has 1 aromatic rings. The van der Waals surface area contributed by atoms with Gasteiger partial charge in [0.05, 0.1) is 0 Å². The zero-order valence-electron chi connectivity index (χ0n) is 9.17. The van der Waals surface area contributed by atoms with Crippen LogP contribution in [0.5, 0.6) is 0 Å². The summed E-state index contributed by atoms with van der Waals surface area (Å²) in [6.07, 6.45) is 6.86. The summed E-state index contributed by atoms with van der Waals surface area (Å²) in [6.45, 7) is 2.20. The quantitative estimate of drug-likeness (QED) is 0.580. The lowest BCUT2D eigenvalue weighted by molar-refractivity contribution is 0.730. The van der Waals surface area contributed by atoms with Crippen molar-refractivity contribution < 1.29 is 0 Å². The number of rotatable bonds is 5. The highest BCUT2D eigenvalue weighted by Gasteiger charge is 1.96. The van der Waals surface area contributed by atoms with Crippen molar-refractivity contribution in [2.45, 2.75) is 32.6 Å². The first-order valence-corrected chi connectivity index (χ1v) is 5.83. The van der Waals surface area contributed by atoms with E-state index < -0.39 is 0 Å². The number of allylic oxidation sites excluding steroid dienone is 1. The fraction of sp³-hybridized carbons (Fsp3) is 0.385. The summed E-state index contributed by atoms with van der Waals surface area (Å²) < 4.78 is 0. The predicted octanol–water partition coefficient (Wildman–Crippen LogP) is 4.43. The van der Waals surface area contributed by atoms with Crippen molar-refractivity contribution in [2.75, 3.05) is 5.73 Å². The highest BCUT2D eigenvalue weighted by Crippen LogP contribution is 2.21. The summed E-state index contributed by atoms with van der Waals surface area (Å²) in [4.78, 5) is 0. The van der Waals surface area contributed by atoms with Gasteiger partial charge in [0.2, 0.25) is 0 Å². The normalized spacial score (nSPS) is 11.7. The van der Waals surface area contributed by atoms with Gasteiger partial charge in [0.1, 0.15) is 0 Å². The Morgan fingerprint density at radius 1 is 1.27 bits per heavy atom. The molecule has 82 valence electrons. The molecule has 0 amide bonds. The molecule has 0 saturated carbocycles. The van der Waals surface area contributed by atoms with Crippen molar-refractivity contribution in [3.05, 3.63) is 35.9 Å². The Bertz CT molecular complexity index is 314. The van der Waals surface area contributed by atoms with E-state index in [0.29, 0.717) is 0 Å². The Balaban J connectivity index is 2.52. The molecule has 0 aromatic heterocycles. The molecule has 0 aliphatic rings. The Morgan fingerprint density at radius 2 is 1.93 bits per heavy atom. The molecule has 2 N–H and O–H groups in total. The molecule has 1 aromatic carbocycles. The van der Waals surface area contributed by atoms with Crippen LogP contribution in [0.25, 0.3) is 5.03 Å². The zero-order valence-corrected chi connectivity index (χ0v) is 9.93. The van der Waals surface area contributed by atoms with E-state index in [9.17, 15) is 0 Å². The smallest absolute Gasteiger partial charge is 0.0438 e. The number of hydrogen-bond acceptors (Lipinski definition) is 1. The van der Waals surface area contributed by atoms with Crippen LogP contribution < -0.4 is 5.73 Å². The number of halogens is 1. The van der Waals surface area contributed by atoms with Crippen LogP contribution in [-0.2, 0) is 0 Å². The predicted molar refractivity (Wildman–Crippen MR) is 68.8 cm³/mol. The Labute approximate surface area is 96.9 Å². The minimum atomic E-state index is 0.772. The summed E-state index contributed by atoms with van der Waals surface area (Å²) in [5, 5.41) is 0.825. The maximum absolute atomic E-state index is 6.16. The van der Waals surface area contributed by atoms with Gasteiger partial charge in [0.25, 0.3) is 0 Å². The van der Waals surface area contributed by atoms with Crippen LogP contribution in [0.3, 0.4) is 0 Å². The number of benzene rings is 1. The van der Waals surface area contributed by atoms with E-state index in [4.69, 9.17) is 17.3 Å². The molecule has 2 heteroatoms. The van der Waals surface area contributed by atoms with E-state index in [-0.39, 0.29) is 0 Å². The van der Waals surface area contributed by atoms with Crippen LogP contribution in [0.15, 0.2) is 30.3 Å². The van der Waals surface area contributed by atoms with Crippen molar-refractivity contribution in [2.24, 2.45) is 0 Å². The number of nitrogens with two attached hydrogens (primary N) is 1. The van der Waals surface area contributed by atoms with Gasteiger partial charge in [-0.25, -0.2) is 0 Å². The topological polar surface area (TPSA) is 26.0 Å². The Kier molecular flexibility index (Phi) is 5.27. The first-order valence-electron chi connectivity index (χ1n) is 5.45. The summed E-state index contributed by atoms with van der Waals surface area (Å²) in [6, 6.07) is 7.65. The molecule has 0 aliphatic heterocycles. The lowest BCUT2D eigenvalue weighted by Crippen LogP contribution is -1.84. The highest BCUT2D eigenvalue weighted by atomic mass is 35.5. The maximum atomic E-state index is 6.16. The van der Waals surface area contributed by atoms with Gasteiger partial charge in [0, 0.05) is 10.7 Å². The summed E-state index contributed by atoms with van der Waals surface area (Å²) in [7, 11) is 0. The fourth-order valence-corrected chi connectivity index (χ4v) is 1.62. The number of hydrogen-bond donors (Lipinski definition) is 1. The minimum Gasteiger partial charge on any atom is -0.399 e. The lowest BCUT2D eigenvalue weighted by atomic mass is 10.1. The molecule has 0 aliphatic carbocycles. The third kappa shape index (κ3) is 4.39. The molecule has 0 fully saturated rings. The molecule has 0 saturated heterocycles. The zero-order chi connectivity index (χ0) is 11.1. The van der Waals surface area contributed by atoms with Gasteiger partial charge in [-0.2, -0.15) is 0 Å². The molecule has 0 bridgehead atoms. The first-order chi connectivity index (χ1) is 7.24. The van der Waals surface area contributed by atoms with Gasteiger partial charge >= 0.3 is 0 Å². The molecule has 0 unspecified atom stereocenters. The summed E-state index contributed by atoms with van der Waals surface area (Å²) >= 11 is 6.16. The second-order valence-electron chi connectivity index (χ2n) is 3.67. The Hall–Kier alpha value is -0.950. The summed E-state index contributed by atoms with van der Waals surface area (Å²) in [5.41, 5.74) is 7.42. The van der Waals surface area contributed by atoms with Crippen LogP contribution in [-0.4, -0.2) is 0 Å². The van der Waals surface area contributed by atoms with Gasteiger partial charge in [-0.05, 0) is 30.5 Å². The molecule has 0 spiro atoms. The van der Waals surface area contributed by atoms with E-state index in [1.807, 2.05) is 24.3 Å². The second kappa shape index (κ2) is 6.52. The molecule has 0 radical (unpaired) electrons. The molecular weight excluding hydrogens is 206 g/mol. The van der Waals surface area contributed by atoms with Crippen LogP contribution in [0, 0.1) is 0 Å². The lowest BCUT2D eigenvalue weighted by Gasteiger charge is -2.00. The number of nitrogen functional groups attached to an aromatic ring is 1. The molecule has 15 heavy (non-hydrogen) atoms. The third-order valence-electron chi connectivity index (χ3n) is 2.32. The number of unbranched alkanes of at least 4 members (excludes halogenated alkanes) is 3. The van der Waals surface area contributed by atoms with E-state index in [1.165, 1.54) is 19.3 Å². The van der Waals surface area contributed by atoms with E-state index in [2.05, 4.69) is 13.0 Å². The van der Waals surface area contributed by atoms with Crippen molar-refractivity contribution in [1.82, 2.24) is 0 Å².